The zero-order chi connectivity index (χ0) is 18.4. The van der Waals surface area contributed by atoms with Crippen LogP contribution in [-0.2, 0) is 9.53 Å². The van der Waals surface area contributed by atoms with Crippen molar-refractivity contribution in [3.05, 3.63) is 27.1 Å². The van der Waals surface area contributed by atoms with Crippen LogP contribution in [-0.4, -0.2) is 48.6 Å². The molecular formula is C17H20BrNO4S2. The van der Waals surface area contributed by atoms with Gasteiger partial charge in [0.2, 0.25) is 0 Å². The molecule has 1 aromatic rings. The summed E-state index contributed by atoms with van der Waals surface area (Å²) in [5, 5.41) is 0. The highest BCUT2D eigenvalue weighted by molar-refractivity contribution is 9.10. The fourth-order valence-electron chi connectivity index (χ4n) is 2.23. The second kappa shape index (κ2) is 9.56. The lowest BCUT2D eigenvalue weighted by atomic mass is 10.1. The topological polar surface area (TPSA) is 48.0 Å². The van der Waals surface area contributed by atoms with E-state index >= 15 is 0 Å². The fourth-order valence-corrected chi connectivity index (χ4v) is 4.00. The lowest BCUT2D eigenvalue weighted by Gasteiger charge is -2.13. The number of nitrogens with zero attached hydrogens (tertiary/aromatic N) is 1. The molecule has 0 radical (unpaired) electrons. The monoisotopic (exact) mass is 445 g/mol. The van der Waals surface area contributed by atoms with Crippen molar-refractivity contribution >= 4 is 56.2 Å². The molecule has 1 amide bonds. The molecule has 0 atom stereocenters. The van der Waals surface area contributed by atoms with Gasteiger partial charge in [-0.05, 0) is 41.9 Å². The van der Waals surface area contributed by atoms with E-state index in [0.29, 0.717) is 47.1 Å². The molecule has 1 aliphatic rings. The van der Waals surface area contributed by atoms with Crippen molar-refractivity contribution in [3.63, 3.8) is 0 Å². The van der Waals surface area contributed by atoms with Gasteiger partial charge in [-0.2, -0.15) is 0 Å². The van der Waals surface area contributed by atoms with Gasteiger partial charge in [0, 0.05) is 18.7 Å². The number of rotatable bonds is 8. The Balaban J connectivity index is 2.34. The predicted octanol–water partition coefficient (Wildman–Crippen LogP) is 4.09. The van der Waals surface area contributed by atoms with Crippen LogP contribution in [0.3, 0.4) is 0 Å². The molecule has 0 aromatic heterocycles. The van der Waals surface area contributed by atoms with Gasteiger partial charge in [-0.15, -0.1) is 0 Å². The van der Waals surface area contributed by atoms with Crippen LogP contribution in [0.1, 0.15) is 19.4 Å². The summed E-state index contributed by atoms with van der Waals surface area (Å²) in [6.07, 6.45) is 1.80. The molecule has 0 unspecified atom stereocenters. The Hall–Kier alpha value is -1.09. The summed E-state index contributed by atoms with van der Waals surface area (Å²) in [5.41, 5.74) is 0.796. The van der Waals surface area contributed by atoms with Crippen LogP contribution in [0, 0.1) is 0 Å². The number of benzene rings is 1. The summed E-state index contributed by atoms with van der Waals surface area (Å²) in [6.45, 7) is 5.80. The molecule has 25 heavy (non-hydrogen) atoms. The average molecular weight is 446 g/mol. The molecule has 1 fully saturated rings. The first-order valence-electron chi connectivity index (χ1n) is 7.85. The maximum atomic E-state index is 12.6. The minimum Gasteiger partial charge on any atom is -0.493 e. The Morgan fingerprint density at radius 3 is 2.56 bits per heavy atom. The molecule has 1 heterocycles. The van der Waals surface area contributed by atoms with E-state index in [1.807, 2.05) is 26.0 Å². The first-order valence-corrected chi connectivity index (χ1v) is 9.87. The third-order valence-electron chi connectivity index (χ3n) is 3.34. The van der Waals surface area contributed by atoms with E-state index in [1.54, 1.807) is 18.1 Å². The summed E-state index contributed by atoms with van der Waals surface area (Å²) in [6, 6.07) is 3.71. The third kappa shape index (κ3) is 4.97. The Labute approximate surface area is 165 Å². The van der Waals surface area contributed by atoms with E-state index in [9.17, 15) is 4.79 Å². The van der Waals surface area contributed by atoms with Crippen LogP contribution < -0.4 is 9.47 Å². The SMILES string of the molecule is CCOc1cc(OCC)c(/C=C2/SC(=S)N(CCOC)C2=O)cc1Br. The van der Waals surface area contributed by atoms with E-state index in [0.717, 1.165) is 10.0 Å². The molecule has 2 rings (SSSR count). The van der Waals surface area contributed by atoms with Crippen molar-refractivity contribution in [3.8, 4) is 11.5 Å². The van der Waals surface area contributed by atoms with Crippen molar-refractivity contribution in [1.82, 2.24) is 4.90 Å². The maximum absolute atomic E-state index is 12.6. The highest BCUT2D eigenvalue weighted by atomic mass is 79.9. The van der Waals surface area contributed by atoms with Gasteiger partial charge < -0.3 is 14.2 Å². The smallest absolute Gasteiger partial charge is 0.266 e. The van der Waals surface area contributed by atoms with Crippen molar-refractivity contribution in [2.24, 2.45) is 0 Å². The number of amides is 1. The molecule has 1 aliphatic heterocycles. The van der Waals surface area contributed by atoms with E-state index in [-0.39, 0.29) is 5.91 Å². The molecule has 136 valence electrons. The summed E-state index contributed by atoms with van der Waals surface area (Å²) >= 11 is 10.1. The van der Waals surface area contributed by atoms with Crippen LogP contribution in [0.2, 0.25) is 0 Å². The molecule has 5 nitrogen and oxygen atoms in total. The molecule has 0 saturated carbocycles. The molecule has 0 aliphatic carbocycles. The van der Waals surface area contributed by atoms with Crippen LogP contribution in [0.5, 0.6) is 11.5 Å². The van der Waals surface area contributed by atoms with Gasteiger partial charge in [-0.3, -0.25) is 9.69 Å². The maximum Gasteiger partial charge on any atom is 0.266 e. The highest BCUT2D eigenvalue weighted by Gasteiger charge is 2.31. The summed E-state index contributed by atoms with van der Waals surface area (Å²) in [7, 11) is 1.60. The van der Waals surface area contributed by atoms with Crippen LogP contribution in [0.4, 0.5) is 0 Å². The van der Waals surface area contributed by atoms with Gasteiger partial charge in [0.15, 0.2) is 0 Å². The van der Waals surface area contributed by atoms with Gasteiger partial charge in [0.25, 0.3) is 5.91 Å². The van der Waals surface area contributed by atoms with Crippen molar-refractivity contribution in [2.45, 2.75) is 13.8 Å². The normalized spacial score (nSPS) is 16.0. The van der Waals surface area contributed by atoms with Crippen molar-refractivity contribution < 1.29 is 19.0 Å². The molecule has 1 saturated heterocycles. The van der Waals surface area contributed by atoms with Gasteiger partial charge in [0.05, 0.1) is 35.7 Å². The zero-order valence-corrected chi connectivity index (χ0v) is 17.6. The van der Waals surface area contributed by atoms with E-state index in [1.165, 1.54) is 11.8 Å². The average Bonchev–Trinajstić information content (AvgIpc) is 2.84. The first-order chi connectivity index (χ1) is 12.0. The Kier molecular flexibility index (Phi) is 7.74. The minimum atomic E-state index is -0.112. The van der Waals surface area contributed by atoms with Gasteiger partial charge in [-0.1, -0.05) is 24.0 Å². The zero-order valence-electron chi connectivity index (χ0n) is 14.3. The quantitative estimate of drug-likeness (QED) is 0.443. The number of hydrogen-bond donors (Lipinski definition) is 0. The van der Waals surface area contributed by atoms with Crippen LogP contribution in [0.25, 0.3) is 6.08 Å². The molecule has 0 bridgehead atoms. The van der Waals surface area contributed by atoms with Gasteiger partial charge in [-0.25, -0.2) is 0 Å². The van der Waals surface area contributed by atoms with E-state index < -0.39 is 0 Å². The minimum absolute atomic E-state index is 0.112. The number of ether oxygens (including phenoxy) is 3. The Morgan fingerprint density at radius 1 is 1.24 bits per heavy atom. The lowest BCUT2D eigenvalue weighted by Crippen LogP contribution is -2.31. The number of carbonyl (C=O) groups is 1. The van der Waals surface area contributed by atoms with Crippen LogP contribution >= 0.6 is 39.9 Å². The molecule has 8 heteroatoms. The van der Waals surface area contributed by atoms with Gasteiger partial charge in [0.1, 0.15) is 15.8 Å². The van der Waals surface area contributed by atoms with E-state index in [4.69, 9.17) is 26.4 Å². The number of thioether (sulfide) groups is 1. The summed E-state index contributed by atoms with van der Waals surface area (Å²) < 4.78 is 17.7. The third-order valence-corrected chi connectivity index (χ3v) is 5.34. The highest BCUT2D eigenvalue weighted by Crippen LogP contribution is 2.38. The predicted molar refractivity (Wildman–Crippen MR) is 108 cm³/mol. The number of methoxy groups -OCH3 is 1. The molecule has 1 aromatic carbocycles. The molecule has 0 spiro atoms. The first kappa shape index (κ1) is 20.2. The second-order valence-corrected chi connectivity index (χ2v) is 7.54. The lowest BCUT2D eigenvalue weighted by molar-refractivity contribution is -0.122. The molecular weight excluding hydrogens is 426 g/mol. The van der Waals surface area contributed by atoms with E-state index in [2.05, 4.69) is 15.9 Å². The Bertz CT molecular complexity index is 693. The van der Waals surface area contributed by atoms with Crippen molar-refractivity contribution in [1.29, 1.82) is 0 Å². The van der Waals surface area contributed by atoms with Gasteiger partial charge >= 0.3 is 0 Å². The number of hydrogen-bond acceptors (Lipinski definition) is 6. The Morgan fingerprint density at radius 2 is 1.92 bits per heavy atom. The molecule has 0 N–H and O–H groups in total. The largest absolute Gasteiger partial charge is 0.493 e. The van der Waals surface area contributed by atoms with Crippen LogP contribution in [0.15, 0.2) is 21.5 Å². The standard InChI is InChI=1S/C17H20BrNO4S2/c1-4-22-13-10-14(23-5-2)12(18)8-11(13)9-15-16(20)19(6-7-21-3)17(24)25-15/h8-10H,4-7H2,1-3H3/b15-9+. The van der Waals surface area contributed by atoms with Crippen molar-refractivity contribution in [2.75, 3.05) is 33.5 Å². The second-order valence-electron chi connectivity index (χ2n) is 5.01. The summed E-state index contributed by atoms with van der Waals surface area (Å²) in [4.78, 5) is 14.7. The number of thiocarbonyl (C=S) groups is 1. The summed E-state index contributed by atoms with van der Waals surface area (Å²) in [5.74, 6) is 1.26. The fraction of sp³-hybridized carbons (Fsp3) is 0.412. The number of carbonyl (C=O) groups excluding carboxylic acids is 1. The number of halogens is 1.